The van der Waals surface area contributed by atoms with Crippen molar-refractivity contribution in [2.24, 2.45) is 0 Å². The fourth-order valence-corrected chi connectivity index (χ4v) is 9.16. The minimum Gasteiger partial charge on any atom is -0.497 e. The van der Waals surface area contributed by atoms with Crippen LogP contribution in [0.3, 0.4) is 0 Å². The quantitative estimate of drug-likeness (QED) is 0.0821. The van der Waals surface area contributed by atoms with Crippen LogP contribution in [-0.2, 0) is 21.4 Å². The number of aromatic amines is 1. The highest BCUT2D eigenvalue weighted by atomic mass is 31.2. The molecule has 3 aromatic carbocycles. The number of nitrogens with zero attached hydrogens (tertiary/aromatic N) is 3. The second-order valence-corrected chi connectivity index (χ2v) is 15.8. The van der Waals surface area contributed by atoms with Crippen LogP contribution in [0, 0.1) is 6.92 Å². The Morgan fingerprint density at radius 3 is 1.56 bits per heavy atom. The zero-order chi connectivity index (χ0) is 38.2. The highest BCUT2D eigenvalue weighted by molar-refractivity contribution is 7.47. The molecule has 52 heavy (non-hydrogen) atoms. The van der Waals surface area contributed by atoms with Crippen LogP contribution >= 0.6 is 8.45 Å². The van der Waals surface area contributed by atoms with Crippen LogP contribution in [0.4, 0.5) is 0 Å². The molecule has 282 valence electrons. The third-order valence-corrected chi connectivity index (χ3v) is 12.1. The predicted molar refractivity (Wildman–Crippen MR) is 210 cm³/mol. The molecule has 0 fully saturated rings. The highest BCUT2D eigenvalue weighted by Gasteiger charge is 2.41. The lowest BCUT2D eigenvalue weighted by atomic mass is 9.80. The molecule has 1 aromatic heterocycles. The van der Waals surface area contributed by atoms with Gasteiger partial charge in [-0.15, -0.1) is 0 Å². The van der Waals surface area contributed by atoms with Gasteiger partial charge in [0.15, 0.2) is 8.45 Å². The third kappa shape index (κ3) is 9.41. The van der Waals surface area contributed by atoms with Crippen molar-refractivity contribution >= 4 is 8.45 Å². The molecular formula is C41H57N4O6P. The van der Waals surface area contributed by atoms with Crippen LogP contribution in [-0.4, -0.2) is 70.0 Å². The molecule has 4 rings (SSSR count). The maximum Gasteiger partial charge on any atom is 0.328 e. The molecule has 0 aliphatic rings. The molecule has 0 aliphatic heterocycles. The standard InChI is InChI=1S/C41H57N4O6P/c1-28(2)44(29(3)4)52(45(30(5)6)31(7)8)51-38(26-43-25-32(9)39(46)42-40(43)47)27-50-41(33-15-13-12-14-16-33,34-17-21-36(48-10)22-18-34)35-19-23-37(49-11)24-20-35/h12-25,28-31,38H,26-27H2,1-11H3,(H,42,46,47)/t38-/m0/s1. The molecular weight excluding hydrogens is 675 g/mol. The fourth-order valence-electron chi connectivity index (χ4n) is 6.73. The summed E-state index contributed by atoms with van der Waals surface area (Å²) >= 11 is 0. The number of methoxy groups -OCH3 is 2. The number of rotatable bonds is 18. The lowest BCUT2D eigenvalue weighted by molar-refractivity contribution is -0.0372. The van der Waals surface area contributed by atoms with E-state index in [9.17, 15) is 9.59 Å². The molecule has 1 heterocycles. The maximum absolute atomic E-state index is 13.3. The van der Waals surface area contributed by atoms with Gasteiger partial charge in [-0.25, -0.2) is 14.1 Å². The minimum absolute atomic E-state index is 0.102. The van der Waals surface area contributed by atoms with Crippen LogP contribution in [0.2, 0.25) is 0 Å². The normalized spacial score (nSPS) is 13.0. The molecule has 0 saturated heterocycles. The molecule has 4 aromatic rings. The van der Waals surface area contributed by atoms with E-state index in [1.807, 2.05) is 66.7 Å². The molecule has 0 bridgehead atoms. The van der Waals surface area contributed by atoms with E-state index >= 15 is 0 Å². The second kappa shape index (κ2) is 18.3. The summed E-state index contributed by atoms with van der Waals surface area (Å²) < 4.78 is 32.1. The molecule has 0 radical (unpaired) electrons. The number of hydrogen-bond donors (Lipinski definition) is 1. The lowest BCUT2D eigenvalue weighted by Crippen LogP contribution is -2.46. The van der Waals surface area contributed by atoms with Crippen molar-refractivity contribution in [1.82, 2.24) is 18.9 Å². The van der Waals surface area contributed by atoms with Gasteiger partial charge in [0, 0.05) is 35.9 Å². The molecule has 0 unspecified atom stereocenters. The summed E-state index contributed by atoms with van der Waals surface area (Å²) in [4.78, 5) is 28.1. The Labute approximate surface area is 310 Å². The van der Waals surface area contributed by atoms with E-state index in [4.69, 9.17) is 18.7 Å². The number of benzene rings is 3. The fraction of sp³-hybridized carbons (Fsp3) is 0.463. The van der Waals surface area contributed by atoms with E-state index in [1.54, 1.807) is 27.3 Å². The average Bonchev–Trinajstić information content (AvgIpc) is 3.11. The largest absolute Gasteiger partial charge is 0.497 e. The maximum atomic E-state index is 13.3. The summed E-state index contributed by atoms with van der Waals surface area (Å²) in [5, 5.41) is 0. The molecule has 0 aliphatic carbocycles. The van der Waals surface area contributed by atoms with Crippen LogP contribution in [0.25, 0.3) is 0 Å². The molecule has 1 N–H and O–H groups in total. The molecule has 1 atom stereocenters. The Kier molecular flexibility index (Phi) is 14.4. The van der Waals surface area contributed by atoms with Gasteiger partial charge in [0.25, 0.3) is 5.56 Å². The summed E-state index contributed by atoms with van der Waals surface area (Å²) in [5.41, 5.74) is 1.13. The number of aryl methyl sites for hydroxylation is 1. The summed E-state index contributed by atoms with van der Waals surface area (Å²) in [7, 11) is 1.93. The Morgan fingerprint density at radius 2 is 1.13 bits per heavy atom. The first-order valence-corrected chi connectivity index (χ1v) is 19.2. The van der Waals surface area contributed by atoms with E-state index in [-0.39, 0.29) is 37.3 Å². The smallest absolute Gasteiger partial charge is 0.328 e. The first-order valence-electron chi connectivity index (χ1n) is 18.1. The van der Waals surface area contributed by atoms with E-state index in [1.165, 1.54) is 4.57 Å². The van der Waals surface area contributed by atoms with E-state index in [0.29, 0.717) is 5.56 Å². The number of nitrogens with one attached hydrogen (secondary N) is 1. The Hall–Kier alpha value is -3.79. The van der Waals surface area contributed by atoms with Crippen molar-refractivity contribution in [3.05, 3.63) is 128 Å². The number of aromatic nitrogens is 2. The third-order valence-electron chi connectivity index (χ3n) is 9.00. The van der Waals surface area contributed by atoms with Gasteiger partial charge in [0.2, 0.25) is 0 Å². The van der Waals surface area contributed by atoms with Gasteiger partial charge in [0.05, 0.1) is 27.4 Å². The topological polar surface area (TPSA) is 98.3 Å². The van der Waals surface area contributed by atoms with Crippen molar-refractivity contribution in [2.45, 2.75) is 105 Å². The molecule has 0 spiro atoms. The average molecular weight is 733 g/mol. The van der Waals surface area contributed by atoms with E-state index < -0.39 is 31.4 Å². The van der Waals surface area contributed by atoms with Crippen LogP contribution in [0.1, 0.15) is 77.6 Å². The zero-order valence-corrected chi connectivity index (χ0v) is 33.5. The van der Waals surface area contributed by atoms with Gasteiger partial charge in [-0.1, -0.05) is 54.6 Å². The summed E-state index contributed by atoms with van der Waals surface area (Å²) in [5.74, 6) is 1.45. The molecule has 10 nitrogen and oxygen atoms in total. The van der Waals surface area contributed by atoms with Crippen molar-refractivity contribution in [3.8, 4) is 11.5 Å². The van der Waals surface area contributed by atoms with E-state index in [0.717, 1.165) is 28.2 Å². The van der Waals surface area contributed by atoms with Crippen molar-refractivity contribution in [1.29, 1.82) is 0 Å². The zero-order valence-electron chi connectivity index (χ0n) is 32.6. The van der Waals surface area contributed by atoms with Crippen LogP contribution in [0.15, 0.2) is 94.6 Å². The van der Waals surface area contributed by atoms with Gasteiger partial charge in [-0.2, -0.15) is 0 Å². The first-order chi connectivity index (χ1) is 24.7. The lowest BCUT2D eigenvalue weighted by Gasteiger charge is -2.47. The van der Waals surface area contributed by atoms with Crippen molar-refractivity contribution in [2.75, 3.05) is 20.8 Å². The Bertz CT molecular complexity index is 1720. The summed E-state index contributed by atoms with van der Waals surface area (Å²) in [6, 6.07) is 26.6. The first kappa shape index (κ1) is 41.0. The Morgan fingerprint density at radius 1 is 0.692 bits per heavy atom. The molecule has 0 saturated carbocycles. The Balaban J connectivity index is 1.94. The molecule has 11 heteroatoms. The van der Waals surface area contributed by atoms with Gasteiger partial charge >= 0.3 is 5.69 Å². The van der Waals surface area contributed by atoms with Crippen molar-refractivity contribution in [3.63, 3.8) is 0 Å². The summed E-state index contributed by atoms with van der Waals surface area (Å²) in [6.07, 6.45) is 0.983. The van der Waals surface area contributed by atoms with E-state index in [2.05, 4.69) is 81.8 Å². The van der Waals surface area contributed by atoms with Crippen molar-refractivity contribution < 1.29 is 18.7 Å². The highest BCUT2D eigenvalue weighted by Crippen LogP contribution is 2.52. The minimum atomic E-state index is -1.36. The van der Waals surface area contributed by atoms with Crippen LogP contribution in [0.5, 0.6) is 11.5 Å². The predicted octanol–water partition coefficient (Wildman–Crippen LogP) is 7.72. The van der Waals surface area contributed by atoms with Gasteiger partial charge < -0.3 is 18.7 Å². The van der Waals surface area contributed by atoms with Gasteiger partial charge in [-0.3, -0.25) is 14.3 Å². The van der Waals surface area contributed by atoms with Crippen LogP contribution < -0.4 is 20.7 Å². The van der Waals surface area contributed by atoms with Gasteiger partial charge in [0.1, 0.15) is 23.2 Å². The number of H-pyrrole nitrogens is 1. The number of ether oxygens (including phenoxy) is 3. The second-order valence-electron chi connectivity index (χ2n) is 14.2. The monoisotopic (exact) mass is 732 g/mol. The van der Waals surface area contributed by atoms with Gasteiger partial charge in [-0.05, 0) is 103 Å². The SMILES string of the molecule is COc1ccc(C(OC[C@H](Cn2cc(C)c(=O)[nH]c2=O)OP(N(C(C)C)C(C)C)N(C(C)C)C(C)C)(c2ccccc2)c2ccc(OC)cc2)cc1. The number of hydrogen-bond acceptors (Lipinski definition) is 8. The summed E-state index contributed by atoms with van der Waals surface area (Å²) in [6.45, 7) is 19.4. The molecule has 0 amide bonds.